The summed E-state index contributed by atoms with van der Waals surface area (Å²) in [5.41, 5.74) is 1.10. The van der Waals surface area contributed by atoms with E-state index >= 15 is 0 Å². The van der Waals surface area contributed by atoms with Gasteiger partial charge in [0.15, 0.2) is 0 Å². The lowest BCUT2D eigenvalue weighted by Crippen LogP contribution is -2.40. The van der Waals surface area contributed by atoms with Crippen LogP contribution in [0.1, 0.15) is 18.4 Å². The third kappa shape index (κ3) is 2.21. The van der Waals surface area contributed by atoms with Crippen LogP contribution in [-0.2, 0) is 6.54 Å². The monoisotopic (exact) mass is 259 g/mol. The van der Waals surface area contributed by atoms with Crippen molar-refractivity contribution in [3.05, 3.63) is 44.6 Å². The molecule has 2 heterocycles. The fourth-order valence-electron chi connectivity index (χ4n) is 2.66. The molecular weight excluding hydrogens is 242 g/mol. The van der Waals surface area contributed by atoms with Crippen LogP contribution in [0, 0.1) is 6.92 Å². The third-order valence-corrected chi connectivity index (χ3v) is 3.70. The van der Waals surface area contributed by atoms with Crippen molar-refractivity contribution in [3.63, 3.8) is 0 Å². The summed E-state index contributed by atoms with van der Waals surface area (Å²) in [7, 11) is 0. The van der Waals surface area contributed by atoms with Crippen LogP contribution in [0.2, 0.25) is 0 Å². The molecule has 0 aliphatic carbocycles. The normalized spacial score (nSPS) is 19.1. The number of H-pyrrole nitrogens is 1. The van der Waals surface area contributed by atoms with Gasteiger partial charge in [-0.15, -0.1) is 0 Å². The minimum Gasteiger partial charge on any atom is -0.312 e. The van der Waals surface area contributed by atoms with Crippen LogP contribution in [0.15, 0.2) is 27.8 Å². The van der Waals surface area contributed by atoms with Gasteiger partial charge in [0.1, 0.15) is 0 Å². The molecular formula is C14H17N3O2. The Kier molecular flexibility index (Phi) is 2.98. The molecule has 1 aliphatic rings. The quantitative estimate of drug-likeness (QED) is 0.836. The second-order valence-electron chi connectivity index (χ2n) is 5.19. The maximum atomic E-state index is 12.4. The van der Waals surface area contributed by atoms with Crippen LogP contribution in [0.25, 0.3) is 10.9 Å². The van der Waals surface area contributed by atoms with Gasteiger partial charge in [0.2, 0.25) is 0 Å². The SMILES string of the molecule is Cc1ccc2[nH]c(=O)n(CC3CCCN3)c(=O)c2c1. The van der Waals surface area contributed by atoms with Gasteiger partial charge in [-0.1, -0.05) is 11.6 Å². The number of rotatable bonds is 2. The Hall–Kier alpha value is -1.88. The van der Waals surface area contributed by atoms with E-state index in [9.17, 15) is 9.59 Å². The molecule has 0 bridgehead atoms. The van der Waals surface area contributed by atoms with E-state index in [0.29, 0.717) is 17.4 Å². The van der Waals surface area contributed by atoms with Gasteiger partial charge in [0, 0.05) is 12.6 Å². The second-order valence-corrected chi connectivity index (χ2v) is 5.19. The Balaban J connectivity index is 2.13. The topological polar surface area (TPSA) is 66.9 Å². The first-order valence-electron chi connectivity index (χ1n) is 6.62. The molecule has 1 aliphatic heterocycles. The summed E-state index contributed by atoms with van der Waals surface area (Å²) in [6, 6.07) is 5.72. The Morgan fingerprint density at radius 2 is 2.21 bits per heavy atom. The van der Waals surface area contributed by atoms with Crippen LogP contribution in [0.3, 0.4) is 0 Å². The van der Waals surface area contributed by atoms with Crippen molar-refractivity contribution in [1.29, 1.82) is 0 Å². The molecule has 1 unspecified atom stereocenters. The number of hydrogen-bond donors (Lipinski definition) is 2. The van der Waals surface area contributed by atoms with Crippen LogP contribution < -0.4 is 16.6 Å². The van der Waals surface area contributed by atoms with Gasteiger partial charge < -0.3 is 10.3 Å². The first kappa shape index (κ1) is 12.2. The van der Waals surface area contributed by atoms with E-state index in [2.05, 4.69) is 10.3 Å². The summed E-state index contributed by atoms with van der Waals surface area (Å²) in [5, 5.41) is 3.89. The van der Waals surface area contributed by atoms with Gasteiger partial charge in [-0.25, -0.2) is 4.79 Å². The smallest absolute Gasteiger partial charge is 0.312 e. The summed E-state index contributed by atoms with van der Waals surface area (Å²) in [6.45, 7) is 3.34. The highest BCUT2D eigenvalue weighted by Crippen LogP contribution is 2.09. The van der Waals surface area contributed by atoms with Crippen molar-refractivity contribution in [3.8, 4) is 0 Å². The van der Waals surface area contributed by atoms with E-state index < -0.39 is 0 Å². The largest absolute Gasteiger partial charge is 0.328 e. The molecule has 0 spiro atoms. The predicted octanol–water partition coefficient (Wildman–Crippen LogP) is 0.750. The Labute approximate surface area is 110 Å². The molecule has 0 amide bonds. The number of aryl methyl sites for hydroxylation is 1. The van der Waals surface area contributed by atoms with Crippen LogP contribution >= 0.6 is 0 Å². The highest BCUT2D eigenvalue weighted by atomic mass is 16.2. The minimum absolute atomic E-state index is 0.198. The zero-order chi connectivity index (χ0) is 13.4. The van der Waals surface area contributed by atoms with Crippen LogP contribution in [0.4, 0.5) is 0 Å². The first-order chi connectivity index (χ1) is 9.15. The van der Waals surface area contributed by atoms with E-state index in [4.69, 9.17) is 0 Å². The second kappa shape index (κ2) is 4.66. The Morgan fingerprint density at radius 3 is 2.95 bits per heavy atom. The van der Waals surface area contributed by atoms with Gasteiger partial charge in [0.25, 0.3) is 5.56 Å². The molecule has 2 aromatic rings. The molecule has 19 heavy (non-hydrogen) atoms. The molecule has 3 rings (SSSR count). The van der Waals surface area contributed by atoms with Gasteiger partial charge in [0.05, 0.1) is 10.9 Å². The average molecular weight is 259 g/mol. The zero-order valence-corrected chi connectivity index (χ0v) is 10.9. The summed E-state index contributed by atoms with van der Waals surface area (Å²) in [5.74, 6) is 0. The van der Waals surface area contributed by atoms with E-state index in [0.717, 1.165) is 24.9 Å². The molecule has 1 aromatic heterocycles. The van der Waals surface area contributed by atoms with Crippen molar-refractivity contribution >= 4 is 10.9 Å². The van der Waals surface area contributed by atoms with Crippen molar-refractivity contribution in [1.82, 2.24) is 14.9 Å². The minimum atomic E-state index is -0.324. The predicted molar refractivity (Wildman–Crippen MR) is 74.6 cm³/mol. The van der Waals surface area contributed by atoms with Crippen LogP contribution in [-0.4, -0.2) is 22.1 Å². The summed E-state index contributed by atoms with van der Waals surface area (Å²) >= 11 is 0. The molecule has 1 fully saturated rings. The maximum Gasteiger partial charge on any atom is 0.328 e. The Morgan fingerprint density at radius 1 is 1.37 bits per heavy atom. The number of hydrogen-bond acceptors (Lipinski definition) is 3. The van der Waals surface area contributed by atoms with Gasteiger partial charge in [-0.2, -0.15) is 0 Å². The highest BCUT2D eigenvalue weighted by molar-refractivity contribution is 5.77. The summed E-state index contributed by atoms with van der Waals surface area (Å²) in [6.07, 6.45) is 2.11. The number of aromatic amines is 1. The molecule has 1 atom stereocenters. The first-order valence-corrected chi connectivity index (χ1v) is 6.62. The molecule has 0 radical (unpaired) electrons. The lowest BCUT2D eigenvalue weighted by molar-refractivity contribution is 0.487. The van der Waals surface area contributed by atoms with E-state index in [1.807, 2.05) is 19.1 Å². The number of nitrogens with zero attached hydrogens (tertiary/aromatic N) is 1. The number of benzene rings is 1. The Bertz CT molecular complexity index is 724. The third-order valence-electron chi connectivity index (χ3n) is 3.70. The standard InChI is InChI=1S/C14H17N3O2/c1-9-4-5-12-11(7-9)13(18)17(14(19)16-12)8-10-3-2-6-15-10/h4-5,7,10,15H,2-3,6,8H2,1H3,(H,16,19). The molecule has 1 aromatic carbocycles. The van der Waals surface area contributed by atoms with Gasteiger partial charge in [-0.05, 0) is 38.4 Å². The van der Waals surface area contributed by atoms with Crippen molar-refractivity contribution in [2.24, 2.45) is 0 Å². The summed E-state index contributed by atoms with van der Waals surface area (Å²) in [4.78, 5) is 27.2. The summed E-state index contributed by atoms with van der Waals surface area (Å²) < 4.78 is 1.31. The van der Waals surface area contributed by atoms with Gasteiger partial charge >= 0.3 is 5.69 Å². The highest BCUT2D eigenvalue weighted by Gasteiger charge is 2.17. The fourth-order valence-corrected chi connectivity index (χ4v) is 2.66. The average Bonchev–Trinajstić information content (AvgIpc) is 2.89. The molecule has 5 heteroatoms. The maximum absolute atomic E-state index is 12.4. The van der Waals surface area contributed by atoms with Crippen molar-refractivity contribution < 1.29 is 0 Å². The molecule has 1 saturated heterocycles. The lowest BCUT2D eigenvalue weighted by Gasteiger charge is -2.12. The van der Waals surface area contributed by atoms with Gasteiger partial charge in [-0.3, -0.25) is 9.36 Å². The number of fused-ring (bicyclic) bond motifs is 1. The fraction of sp³-hybridized carbons (Fsp3) is 0.429. The molecule has 100 valence electrons. The molecule has 2 N–H and O–H groups in total. The van der Waals surface area contributed by atoms with E-state index in [1.165, 1.54) is 4.57 Å². The lowest BCUT2D eigenvalue weighted by atomic mass is 10.1. The van der Waals surface area contributed by atoms with E-state index in [1.54, 1.807) is 6.07 Å². The van der Waals surface area contributed by atoms with Crippen molar-refractivity contribution in [2.75, 3.05) is 6.54 Å². The van der Waals surface area contributed by atoms with Crippen molar-refractivity contribution in [2.45, 2.75) is 32.4 Å². The number of aromatic nitrogens is 2. The molecule has 5 nitrogen and oxygen atoms in total. The van der Waals surface area contributed by atoms with Crippen LogP contribution in [0.5, 0.6) is 0 Å². The zero-order valence-electron chi connectivity index (χ0n) is 10.9. The number of nitrogens with one attached hydrogen (secondary N) is 2. The van der Waals surface area contributed by atoms with E-state index in [-0.39, 0.29) is 17.3 Å². The molecule has 0 saturated carbocycles.